The average molecular weight is 451 g/mol. The lowest BCUT2D eigenvalue weighted by atomic mass is 10.1. The summed E-state index contributed by atoms with van der Waals surface area (Å²) in [4.78, 5) is 22.8. The van der Waals surface area contributed by atoms with E-state index >= 15 is 0 Å². The van der Waals surface area contributed by atoms with Gasteiger partial charge in [0.05, 0.1) is 0 Å². The molecule has 0 aromatic carbocycles. The Labute approximate surface area is 198 Å². The maximum absolute atomic E-state index is 11.6. The largest absolute Gasteiger partial charge is 0.462 e. The fourth-order valence-corrected chi connectivity index (χ4v) is 3.53. The van der Waals surface area contributed by atoms with E-state index in [2.05, 4.69) is 25.7 Å². The standard InChI is InChI=1S/C28H50O4/c1-4-5-6-7-8-9-10-11-12-13-14-15-16-17-18-19-20-21-22-23-27(29)31-24-25-32-28(30)26(2)3/h11-12H,2,4-10,13-25H2,1,3H3/b12-11-. The van der Waals surface area contributed by atoms with Crippen LogP contribution in [0.15, 0.2) is 24.3 Å². The normalized spacial score (nSPS) is 11.1. The molecule has 0 heterocycles. The van der Waals surface area contributed by atoms with E-state index in [-0.39, 0.29) is 19.2 Å². The molecule has 0 saturated heterocycles. The van der Waals surface area contributed by atoms with Crippen LogP contribution in [0.25, 0.3) is 0 Å². The minimum Gasteiger partial charge on any atom is -0.462 e. The van der Waals surface area contributed by atoms with E-state index in [0.29, 0.717) is 12.0 Å². The zero-order valence-electron chi connectivity index (χ0n) is 21.1. The summed E-state index contributed by atoms with van der Waals surface area (Å²) in [6.07, 6.45) is 27.0. The Balaban J connectivity index is 3.24. The smallest absolute Gasteiger partial charge is 0.333 e. The lowest BCUT2D eigenvalue weighted by molar-refractivity contribution is -0.150. The van der Waals surface area contributed by atoms with Crippen LogP contribution in [0.2, 0.25) is 0 Å². The van der Waals surface area contributed by atoms with Crippen molar-refractivity contribution < 1.29 is 19.1 Å². The van der Waals surface area contributed by atoms with Crippen LogP contribution in [0.3, 0.4) is 0 Å². The predicted molar refractivity (Wildman–Crippen MR) is 135 cm³/mol. The van der Waals surface area contributed by atoms with Crippen molar-refractivity contribution in [2.75, 3.05) is 13.2 Å². The molecule has 0 saturated carbocycles. The monoisotopic (exact) mass is 450 g/mol. The third kappa shape index (κ3) is 23.1. The van der Waals surface area contributed by atoms with Gasteiger partial charge in [0.25, 0.3) is 0 Å². The molecule has 4 nitrogen and oxygen atoms in total. The number of allylic oxidation sites excluding steroid dienone is 2. The number of hydrogen-bond acceptors (Lipinski definition) is 4. The quantitative estimate of drug-likeness (QED) is 0.0680. The summed E-state index contributed by atoms with van der Waals surface area (Å²) >= 11 is 0. The van der Waals surface area contributed by atoms with Crippen molar-refractivity contribution in [3.63, 3.8) is 0 Å². The number of rotatable bonds is 23. The van der Waals surface area contributed by atoms with Crippen LogP contribution in [0.5, 0.6) is 0 Å². The number of carbonyl (C=O) groups excluding carboxylic acids is 2. The highest BCUT2D eigenvalue weighted by molar-refractivity contribution is 5.86. The van der Waals surface area contributed by atoms with Crippen LogP contribution in [-0.4, -0.2) is 25.2 Å². The second kappa shape index (κ2) is 24.1. The van der Waals surface area contributed by atoms with Crippen molar-refractivity contribution in [2.45, 2.75) is 129 Å². The topological polar surface area (TPSA) is 52.6 Å². The average Bonchev–Trinajstić information content (AvgIpc) is 2.78. The minimum atomic E-state index is -0.448. The molecule has 0 rings (SSSR count). The van der Waals surface area contributed by atoms with Gasteiger partial charge >= 0.3 is 11.9 Å². The molecule has 0 atom stereocenters. The van der Waals surface area contributed by atoms with Crippen LogP contribution in [0.1, 0.15) is 129 Å². The second-order valence-corrected chi connectivity index (χ2v) is 8.89. The summed E-state index contributed by atoms with van der Waals surface area (Å²) in [5, 5.41) is 0. The van der Waals surface area contributed by atoms with Crippen molar-refractivity contribution >= 4 is 11.9 Å². The number of carbonyl (C=O) groups is 2. The van der Waals surface area contributed by atoms with Gasteiger partial charge in [-0.1, -0.05) is 103 Å². The SMILES string of the molecule is C=C(C)C(=O)OCCOC(=O)CCCCCCCCCCC/C=C\CCCCCCCC. The van der Waals surface area contributed by atoms with Crippen molar-refractivity contribution in [1.82, 2.24) is 0 Å². The molecule has 0 unspecified atom stereocenters. The van der Waals surface area contributed by atoms with E-state index in [1.54, 1.807) is 6.92 Å². The molecular formula is C28H50O4. The van der Waals surface area contributed by atoms with Gasteiger partial charge in [-0.3, -0.25) is 4.79 Å². The van der Waals surface area contributed by atoms with Gasteiger partial charge in [0.1, 0.15) is 13.2 Å². The van der Waals surface area contributed by atoms with Gasteiger partial charge in [0.2, 0.25) is 0 Å². The van der Waals surface area contributed by atoms with E-state index in [0.717, 1.165) is 12.8 Å². The lowest BCUT2D eigenvalue weighted by Gasteiger charge is -2.06. The maximum Gasteiger partial charge on any atom is 0.333 e. The zero-order valence-corrected chi connectivity index (χ0v) is 21.1. The molecule has 0 aromatic rings. The van der Waals surface area contributed by atoms with E-state index in [1.165, 1.54) is 96.3 Å². The van der Waals surface area contributed by atoms with Crippen LogP contribution < -0.4 is 0 Å². The zero-order chi connectivity index (χ0) is 23.7. The molecule has 0 N–H and O–H groups in total. The van der Waals surface area contributed by atoms with Crippen molar-refractivity contribution in [1.29, 1.82) is 0 Å². The summed E-state index contributed by atoms with van der Waals surface area (Å²) in [7, 11) is 0. The number of ether oxygens (including phenoxy) is 2. The highest BCUT2D eigenvalue weighted by Crippen LogP contribution is 2.12. The molecule has 0 amide bonds. The summed E-state index contributed by atoms with van der Waals surface area (Å²) in [5.41, 5.74) is 0.350. The van der Waals surface area contributed by atoms with E-state index in [4.69, 9.17) is 9.47 Å². The fourth-order valence-electron chi connectivity index (χ4n) is 3.53. The van der Waals surface area contributed by atoms with Gasteiger partial charge in [-0.05, 0) is 39.0 Å². The van der Waals surface area contributed by atoms with Crippen molar-refractivity contribution in [3.8, 4) is 0 Å². The van der Waals surface area contributed by atoms with Crippen LogP contribution in [-0.2, 0) is 19.1 Å². The first-order valence-corrected chi connectivity index (χ1v) is 13.2. The van der Waals surface area contributed by atoms with Crippen molar-refractivity contribution in [3.05, 3.63) is 24.3 Å². The Kier molecular flexibility index (Phi) is 22.9. The Hall–Kier alpha value is -1.58. The van der Waals surface area contributed by atoms with E-state index in [1.807, 2.05) is 0 Å². The molecule has 0 spiro atoms. The third-order valence-corrected chi connectivity index (χ3v) is 5.57. The summed E-state index contributed by atoms with van der Waals surface area (Å²) in [6, 6.07) is 0. The molecule has 0 aliphatic carbocycles. The second-order valence-electron chi connectivity index (χ2n) is 8.89. The highest BCUT2D eigenvalue weighted by Gasteiger charge is 2.05. The summed E-state index contributed by atoms with van der Waals surface area (Å²) in [6.45, 7) is 7.56. The number of hydrogen-bond donors (Lipinski definition) is 0. The number of unbranched alkanes of at least 4 members (excludes halogenated alkanes) is 15. The lowest BCUT2D eigenvalue weighted by Crippen LogP contribution is -2.14. The molecule has 186 valence electrons. The molecular weight excluding hydrogens is 400 g/mol. The fraction of sp³-hybridized carbons (Fsp3) is 0.786. The first kappa shape index (κ1) is 30.4. The van der Waals surface area contributed by atoms with Crippen molar-refractivity contribution in [2.24, 2.45) is 0 Å². The van der Waals surface area contributed by atoms with E-state index in [9.17, 15) is 9.59 Å². The molecule has 0 aliphatic rings. The summed E-state index contributed by atoms with van der Waals surface area (Å²) < 4.78 is 9.94. The molecule has 4 heteroatoms. The van der Waals surface area contributed by atoms with Gasteiger partial charge in [0.15, 0.2) is 0 Å². The predicted octanol–water partition coefficient (Wildman–Crippen LogP) is 8.25. The first-order chi connectivity index (χ1) is 15.6. The van der Waals surface area contributed by atoms with Gasteiger partial charge in [-0.25, -0.2) is 4.79 Å². The molecule has 0 aromatic heterocycles. The summed E-state index contributed by atoms with van der Waals surface area (Å²) in [5.74, 6) is -0.658. The Morgan fingerprint density at radius 3 is 1.59 bits per heavy atom. The van der Waals surface area contributed by atoms with Crippen LogP contribution >= 0.6 is 0 Å². The first-order valence-electron chi connectivity index (χ1n) is 13.2. The number of esters is 2. The van der Waals surface area contributed by atoms with Gasteiger partial charge in [-0.2, -0.15) is 0 Å². The van der Waals surface area contributed by atoms with Gasteiger partial charge in [-0.15, -0.1) is 0 Å². The van der Waals surface area contributed by atoms with Crippen LogP contribution in [0.4, 0.5) is 0 Å². The van der Waals surface area contributed by atoms with Gasteiger partial charge < -0.3 is 9.47 Å². The molecule has 0 radical (unpaired) electrons. The highest BCUT2D eigenvalue weighted by atomic mass is 16.6. The minimum absolute atomic E-state index is 0.0902. The van der Waals surface area contributed by atoms with Gasteiger partial charge in [0, 0.05) is 12.0 Å². The Morgan fingerprint density at radius 1 is 0.656 bits per heavy atom. The Morgan fingerprint density at radius 2 is 1.09 bits per heavy atom. The molecule has 0 fully saturated rings. The molecule has 32 heavy (non-hydrogen) atoms. The maximum atomic E-state index is 11.6. The van der Waals surface area contributed by atoms with Crippen LogP contribution in [0, 0.1) is 0 Å². The van der Waals surface area contributed by atoms with E-state index < -0.39 is 5.97 Å². The Bertz CT molecular complexity index is 496. The third-order valence-electron chi connectivity index (χ3n) is 5.57. The molecule has 0 bridgehead atoms. The molecule has 0 aliphatic heterocycles.